The molecule has 2 fully saturated rings. The molecule has 0 radical (unpaired) electrons. The molecule has 1 amide bonds. The van der Waals surface area contributed by atoms with Gasteiger partial charge in [-0.25, -0.2) is 0 Å². The normalized spacial score (nSPS) is 24.7. The number of hydrogen-bond acceptors (Lipinski definition) is 5. The monoisotopic (exact) mass is 328 g/mol. The molecule has 0 bridgehead atoms. The third-order valence-corrected chi connectivity index (χ3v) is 5.67. The molecule has 1 aromatic carbocycles. The van der Waals surface area contributed by atoms with Gasteiger partial charge in [-0.15, -0.1) is 10.2 Å². The molecule has 1 aliphatic carbocycles. The first-order valence-electron chi connectivity index (χ1n) is 8.08. The van der Waals surface area contributed by atoms with Crippen LogP contribution in [-0.2, 0) is 4.79 Å². The van der Waals surface area contributed by atoms with Crippen LogP contribution in [0.25, 0.3) is 0 Å². The Morgan fingerprint density at radius 2 is 2.00 bits per heavy atom. The van der Waals surface area contributed by atoms with Crippen molar-refractivity contribution in [2.24, 2.45) is 5.92 Å². The maximum absolute atomic E-state index is 12.7. The molecule has 5 nitrogen and oxygen atoms in total. The summed E-state index contributed by atoms with van der Waals surface area (Å²) < 4.78 is 0. The Balaban J connectivity index is 1.49. The lowest BCUT2D eigenvalue weighted by Gasteiger charge is -2.17. The number of carbonyl (C=O) groups is 1. The van der Waals surface area contributed by atoms with Gasteiger partial charge in [0.15, 0.2) is 0 Å². The van der Waals surface area contributed by atoms with Gasteiger partial charge in [-0.1, -0.05) is 41.7 Å². The molecule has 1 aromatic heterocycles. The number of benzene rings is 1. The van der Waals surface area contributed by atoms with Crippen molar-refractivity contribution in [1.29, 1.82) is 0 Å². The minimum atomic E-state index is -0.0457. The van der Waals surface area contributed by atoms with Crippen LogP contribution in [0.5, 0.6) is 0 Å². The van der Waals surface area contributed by atoms with E-state index in [9.17, 15) is 4.79 Å². The number of hydrogen-bond donors (Lipinski definition) is 1. The molecule has 4 rings (SSSR count). The van der Waals surface area contributed by atoms with Gasteiger partial charge >= 0.3 is 0 Å². The molecule has 0 spiro atoms. The van der Waals surface area contributed by atoms with E-state index in [-0.39, 0.29) is 17.7 Å². The molecule has 2 atom stereocenters. The number of likely N-dealkylation sites (tertiary alicyclic amines) is 1. The Labute approximate surface area is 139 Å². The van der Waals surface area contributed by atoms with Crippen LogP contribution >= 0.6 is 11.3 Å². The van der Waals surface area contributed by atoms with Crippen molar-refractivity contribution in [1.82, 2.24) is 15.1 Å². The topological polar surface area (TPSA) is 58.1 Å². The van der Waals surface area contributed by atoms with Gasteiger partial charge in [0.25, 0.3) is 0 Å². The summed E-state index contributed by atoms with van der Waals surface area (Å²) in [6, 6.07) is 10.3. The summed E-state index contributed by atoms with van der Waals surface area (Å²) in [6.45, 7) is 1.69. The Bertz CT molecular complexity index is 698. The van der Waals surface area contributed by atoms with Crippen molar-refractivity contribution in [3.8, 4) is 0 Å². The molecule has 2 aromatic rings. The molecule has 1 saturated heterocycles. The van der Waals surface area contributed by atoms with Gasteiger partial charge < -0.3 is 10.2 Å². The molecule has 120 valence electrons. The third-order valence-electron chi connectivity index (χ3n) is 4.66. The van der Waals surface area contributed by atoms with E-state index < -0.39 is 0 Å². The Morgan fingerprint density at radius 3 is 2.74 bits per heavy atom. The minimum Gasteiger partial charge on any atom is -0.305 e. The maximum Gasteiger partial charge on any atom is 0.231 e. The van der Waals surface area contributed by atoms with E-state index in [0.717, 1.165) is 18.1 Å². The lowest BCUT2D eigenvalue weighted by atomic mass is 9.88. The highest BCUT2D eigenvalue weighted by atomic mass is 32.1. The zero-order valence-corrected chi connectivity index (χ0v) is 13.9. The highest BCUT2D eigenvalue weighted by Gasteiger charge is 2.37. The number of carbonyl (C=O) groups excluding carboxylic acids is 1. The Kier molecular flexibility index (Phi) is 3.87. The molecule has 23 heavy (non-hydrogen) atoms. The Hall–Kier alpha value is -1.79. The fourth-order valence-electron chi connectivity index (χ4n) is 3.28. The van der Waals surface area contributed by atoms with Crippen molar-refractivity contribution in [2.45, 2.75) is 24.7 Å². The fourth-order valence-corrected chi connectivity index (χ4v) is 4.20. The van der Waals surface area contributed by atoms with Gasteiger partial charge in [-0.3, -0.25) is 4.79 Å². The van der Waals surface area contributed by atoms with Crippen molar-refractivity contribution < 1.29 is 4.79 Å². The predicted molar refractivity (Wildman–Crippen MR) is 90.7 cm³/mol. The van der Waals surface area contributed by atoms with E-state index >= 15 is 0 Å². The molecular formula is C17H20N4OS. The molecular weight excluding hydrogens is 308 g/mol. The van der Waals surface area contributed by atoms with Crippen molar-refractivity contribution in [2.75, 3.05) is 25.5 Å². The number of amides is 1. The second kappa shape index (κ2) is 6.02. The van der Waals surface area contributed by atoms with Gasteiger partial charge in [0.05, 0.1) is 5.92 Å². The van der Waals surface area contributed by atoms with Gasteiger partial charge in [-0.2, -0.15) is 0 Å². The number of nitrogens with one attached hydrogen (secondary N) is 1. The van der Waals surface area contributed by atoms with Crippen LogP contribution in [0.4, 0.5) is 5.13 Å². The molecule has 1 saturated carbocycles. The Morgan fingerprint density at radius 1 is 1.22 bits per heavy atom. The largest absolute Gasteiger partial charge is 0.305 e. The molecule has 0 unspecified atom stereocenters. The minimum absolute atomic E-state index is 0.0457. The highest BCUT2D eigenvalue weighted by molar-refractivity contribution is 7.15. The standard InChI is InChI=1S/C17H20N4OS/c1-21-9-13(11-5-3-2-4-6-11)14(10-21)15(22)18-17-20-19-16(23-17)12-7-8-12/h2-6,12-14H,7-10H2,1H3,(H,18,20,22)/t13-,14-/m1/s1. The number of nitrogens with zero attached hydrogens (tertiary/aromatic N) is 3. The van der Waals surface area contributed by atoms with Crippen LogP contribution in [0.2, 0.25) is 0 Å². The zero-order chi connectivity index (χ0) is 15.8. The number of aromatic nitrogens is 2. The quantitative estimate of drug-likeness (QED) is 0.937. The zero-order valence-electron chi connectivity index (χ0n) is 13.1. The molecule has 1 aliphatic heterocycles. The van der Waals surface area contributed by atoms with E-state index in [0.29, 0.717) is 11.0 Å². The molecule has 2 heterocycles. The van der Waals surface area contributed by atoms with Crippen LogP contribution in [0.15, 0.2) is 30.3 Å². The summed E-state index contributed by atoms with van der Waals surface area (Å²) in [5.41, 5.74) is 1.23. The van der Waals surface area contributed by atoms with Gasteiger partial charge in [0.1, 0.15) is 5.01 Å². The lowest BCUT2D eigenvalue weighted by molar-refractivity contribution is -0.119. The number of likely N-dealkylation sites (N-methyl/N-ethyl adjacent to an activating group) is 1. The van der Waals surface area contributed by atoms with Crippen LogP contribution in [0, 0.1) is 5.92 Å². The van der Waals surface area contributed by atoms with E-state index in [2.05, 4.69) is 39.6 Å². The average Bonchev–Trinajstić information content (AvgIpc) is 3.18. The van der Waals surface area contributed by atoms with Crippen molar-refractivity contribution in [3.63, 3.8) is 0 Å². The second-order valence-corrected chi connectivity index (χ2v) is 7.56. The van der Waals surface area contributed by atoms with Gasteiger partial charge in [0.2, 0.25) is 11.0 Å². The van der Waals surface area contributed by atoms with Crippen LogP contribution in [0.3, 0.4) is 0 Å². The van der Waals surface area contributed by atoms with Crippen LogP contribution in [0.1, 0.15) is 35.2 Å². The summed E-state index contributed by atoms with van der Waals surface area (Å²) >= 11 is 1.52. The SMILES string of the molecule is CN1C[C@H](c2ccccc2)[C@H](C(=O)Nc2nnc(C3CC3)s2)C1. The maximum atomic E-state index is 12.7. The molecule has 1 N–H and O–H groups in total. The van der Waals surface area contributed by atoms with Crippen molar-refractivity contribution in [3.05, 3.63) is 40.9 Å². The van der Waals surface area contributed by atoms with Crippen LogP contribution in [-0.4, -0.2) is 41.1 Å². The van der Waals surface area contributed by atoms with Crippen LogP contribution < -0.4 is 5.32 Å². The molecule has 2 aliphatic rings. The van der Waals surface area contributed by atoms with E-state index in [1.165, 1.54) is 29.7 Å². The van der Waals surface area contributed by atoms with Gasteiger partial charge in [-0.05, 0) is 25.5 Å². The van der Waals surface area contributed by atoms with E-state index in [1.54, 1.807) is 0 Å². The number of anilines is 1. The van der Waals surface area contributed by atoms with E-state index in [1.807, 2.05) is 18.2 Å². The first-order valence-corrected chi connectivity index (χ1v) is 8.90. The van der Waals surface area contributed by atoms with Gasteiger partial charge in [0, 0.05) is 24.9 Å². The van der Waals surface area contributed by atoms with Crippen molar-refractivity contribution >= 4 is 22.4 Å². The second-order valence-electron chi connectivity index (χ2n) is 6.55. The summed E-state index contributed by atoms with van der Waals surface area (Å²) in [7, 11) is 2.07. The highest BCUT2D eigenvalue weighted by Crippen LogP contribution is 2.42. The molecule has 6 heteroatoms. The summed E-state index contributed by atoms with van der Waals surface area (Å²) in [6.07, 6.45) is 2.40. The smallest absolute Gasteiger partial charge is 0.231 e. The average molecular weight is 328 g/mol. The fraction of sp³-hybridized carbons (Fsp3) is 0.471. The lowest BCUT2D eigenvalue weighted by Crippen LogP contribution is -2.28. The first kappa shape index (κ1) is 14.8. The van der Waals surface area contributed by atoms with E-state index in [4.69, 9.17) is 0 Å². The predicted octanol–water partition coefficient (Wildman–Crippen LogP) is 2.70. The first-order chi connectivity index (χ1) is 11.2. The summed E-state index contributed by atoms with van der Waals surface area (Å²) in [5.74, 6) is 0.822. The number of rotatable bonds is 4. The third kappa shape index (κ3) is 3.14. The summed E-state index contributed by atoms with van der Waals surface area (Å²) in [5, 5.41) is 13.0. The summed E-state index contributed by atoms with van der Waals surface area (Å²) in [4.78, 5) is 15.0.